The van der Waals surface area contributed by atoms with Gasteiger partial charge < -0.3 is 15.4 Å². The highest BCUT2D eigenvalue weighted by atomic mass is 32.2. The molecule has 0 unspecified atom stereocenters. The molecule has 1 aliphatic heterocycles. The van der Waals surface area contributed by atoms with E-state index < -0.39 is 10.0 Å². The summed E-state index contributed by atoms with van der Waals surface area (Å²) in [6.07, 6.45) is 0. The lowest BCUT2D eigenvalue weighted by molar-refractivity contribution is -0.119. The molecule has 184 valence electrons. The number of morpholine rings is 1. The Labute approximate surface area is 201 Å². The third-order valence-corrected chi connectivity index (χ3v) is 7.67. The van der Waals surface area contributed by atoms with Crippen molar-refractivity contribution in [2.24, 2.45) is 0 Å². The van der Waals surface area contributed by atoms with Crippen LogP contribution in [0.5, 0.6) is 0 Å². The Morgan fingerprint density at radius 1 is 0.941 bits per heavy atom. The highest BCUT2D eigenvalue weighted by Gasteiger charge is 2.28. The minimum Gasteiger partial charge on any atom is -0.379 e. The summed E-state index contributed by atoms with van der Waals surface area (Å²) in [7, 11) is -2.01. The van der Waals surface area contributed by atoms with Crippen molar-refractivity contribution >= 4 is 33.2 Å². The molecule has 2 N–H and O–H groups in total. The normalized spacial score (nSPS) is 14.7. The van der Waals surface area contributed by atoms with Crippen LogP contribution in [0.1, 0.15) is 16.7 Å². The summed E-state index contributed by atoms with van der Waals surface area (Å²) in [4.78, 5) is 26.8. The van der Waals surface area contributed by atoms with Gasteiger partial charge in [0.25, 0.3) is 0 Å². The second-order valence-electron chi connectivity index (χ2n) is 8.53. The minimum atomic E-state index is -3.69. The number of nitrogens with zero attached hydrogens (tertiary/aromatic N) is 2. The van der Waals surface area contributed by atoms with E-state index in [1.54, 1.807) is 31.0 Å². The fraction of sp³-hybridized carbons (Fsp3) is 0.417. The van der Waals surface area contributed by atoms with E-state index in [1.807, 2.05) is 32.0 Å². The smallest absolute Gasteiger partial charge is 0.243 e. The molecule has 0 spiro atoms. The van der Waals surface area contributed by atoms with E-state index in [4.69, 9.17) is 4.74 Å². The number of ether oxygens (including phenoxy) is 1. The molecule has 9 nitrogen and oxygen atoms in total. The Morgan fingerprint density at radius 3 is 2.15 bits per heavy atom. The number of sulfonamides is 1. The molecule has 0 aromatic heterocycles. The van der Waals surface area contributed by atoms with E-state index in [-0.39, 0.29) is 29.8 Å². The summed E-state index contributed by atoms with van der Waals surface area (Å²) in [6, 6.07) is 10.6. The number of nitrogens with one attached hydrogen (secondary N) is 2. The van der Waals surface area contributed by atoms with Crippen molar-refractivity contribution in [3.05, 3.63) is 53.1 Å². The summed E-state index contributed by atoms with van der Waals surface area (Å²) in [5, 5.41) is 5.64. The second kappa shape index (κ2) is 11.1. The molecule has 1 saturated heterocycles. The van der Waals surface area contributed by atoms with Gasteiger partial charge in [-0.25, -0.2) is 8.42 Å². The summed E-state index contributed by atoms with van der Waals surface area (Å²) < 4.78 is 32.7. The molecule has 0 aliphatic carbocycles. The number of benzene rings is 2. The fourth-order valence-electron chi connectivity index (χ4n) is 3.82. The number of aryl methyl sites for hydroxylation is 3. The Hall–Kier alpha value is -2.79. The first-order valence-corrected chi connectivity index (χ1v) is 12.5. The maximum absolute atomic E-state index is 13.0. The maximum atomic E-state index is 13.0. The van der Waals surface area contributed by atoms with Gasteiger partial charge in [0.05, 0.1) is 31.2 Å². The summed E-state index contributed by atoms with van der Waals surface area (Å²) >= 11 is 0. The lowest BCUT2D eigenvalue weighted by Crippen LogP contribution is -2.40. The SMILES string of the molecule is Cc1ccc(NC(=O)CN(C)CC(=O)Nc2c(C)cccc2C)cc1S(=O)(=O)N1CCOCC1. The Balaban J connectivity index is 1.60. The molecular formula is C24H32N4O5S. The van der Waals surface area contributed by atoms with Crippen LogP contribution in [0.2, 0.25) is 0 Å². The van der Waals surface area contributed by atoms with E-state index in [9.17, 15) is 18.0 Å². The summed E-state index contributed by atoms with van der Waals surface area (Å²) in [6.45, 7) is 6.90. The topological polar surface area (TPSA) is 108 Å². The van der Waals surface area contributed by atoms with Crippen molar-refractivity contribution in [3.63, 3.8) is 0 Å². The van der Waals surface area contributed by atoms with Crippen LogP contribution in [0.3, 0.4) is 0 Å². The maximum Gasteiger partial charge on any atom is 0.243 e. The lowest BCUT2D eigenvalue weighted by atomic mass is 10.1. The molecule has 1 aliphatic rings. The van der Waals surface area contributed by atoms with Gasteiger partial charge in [-0.2, -0.15) is 4.31 Å². The number of carbonyl (C=O) groups is 2. The first-order chi connectivity index (χ1) is 16.1. The summed E-state index contributed by atoms with van der Waals surface area (Å²) in [5.74, 6) is -0.567. The van der Waals surface area contributed by atoms with Crippen LogP contribution in [0.25, 0.3) is 0 Å². The van der Waals surface area contributed by atoms with Crippen LogP contribution in [-0.2, 0) is 24.3 Å². The first kappa shape index (κ1) is 25.8. The summed E-state index contributed by atoms with van der Waals surface area (Å²) in [5.41, 5.74) is 3.70. The molecule has 1 fully saturated rings. The largest absolute Gasteiger partial charge is 0.379 e. The zero-order chi connectivity index (χ0) is 24.9. The van der Waals surface area contributed by atoms with Crippen LogP contribution in [0, 0.1) is 20.8 Å². The van der Waals surface area contributed by atoms with Crippen molar-refractivity contribution in [2.75, 3.05) is 57.1 Å². The van der Waals surface area contributed by atoms with Gasteiger partial charge in [-0.05, 0) is 56.6 Å². The van der Waals surface area contributed by atoms with Crippen LogP contribution >= 0.6 is 0 Å². The fourth-order valence-corrected chi connectivity index (χ4v) is 5.48. The number of hydrogen-bond acceptors (Lipinski definition) is 6. The van der Waals surface area contributed by atoms with Gasteiger partial charge >= 0.3 is 0 Å². The molecule has 2 aromatic carbocycles. The molecule has 10 heteroatoms. The van der Waals surface area contributed by atoms with Crippen molar-refractivity contribution in [3.8, 4) is 0 Å². The number of likely N-dealkylation sites (N-methyl/N-ethyl adjacent to an activating group) is 1. The van der Waals surface area contributed by atoms with Gasteiger partial charge in [0.15, 0.2) is 0 Å². The molecule has 0 bridgehead atoms. The average Bonchev–Trinajstić information content (AvgIpc) is 2.78. The highest BCUT2D eigenvalue weighted by Crippen LogP contribution is 2.24. The van der Waals surface area contributed by atoms with E-state index in [0.717, 1.165) is 16.8 Å². The number of carbonyl (C=O) groups excluding carboxylic acids is 2. The standard InChI is InChI=1S/C24H32N4O5S/c1-17-8-9-20(14-21(17)34(31,32)28-10-12-33-13-11-28)25-22(29)15-27(4)16-23(30)26-24-18(2)6-5-7-19(24)3/h5-9,14H,10-13,15-16H2,1-4H3,(H,25,29)(H,26,30). The van der Waals surface area contributed by atoms with Crippen LogP contribution in [0.15, 0.2) is 41.3 Å². The van der Waals surface area contributed by atoms with Crippen LogP contribution in [-0.4, -0.2) is 75.9 Å². The number of rotatable bonds is 8. The molecule has 0 radical (unpaired) electrons. The molecule has 0 saturated carbocycles. The van der Waals surface area contributed by atoms with Crippen molar-refractivity contribution in [1.82, 2.24) is 9.21 Å². The van der Waals surface area contributed by atoms with Crippen molar-refractivity contribution in [1.29, 1.82) is 0 Å². The molecule has 2 aromatic rings. The minimum absolute atomic E-state index is 0.0282. The highest BCUT2D eigenvalue weighted by molar-refractivity contribution is 7.89. The number of amides is 2. The first-order valence-electron chi connectivity index (χ1n) is 11.1. The van der Waals surface area contributed by atoms with Crippen LogP contribution in [0.4, 0.5) is 11.4 Å². The Bertz CT molecular complexity index is 1140. The second-order valence-corrected chi connectivity index (χ2v) is 10.4. The van der Waals surface area contributed by atoms with Gasteiger partial charge in [0.1, 0.15) is 0 Å². The third-order valence-electron chi connectivity index (χ3n) is 5.63. The number of anilines is 2. The van der Waals surface area contributed by atoms with Crippen LogP contribution < -0.4 is 10.6 Å². The molecule has 2 amide bonds. The third kappa shape index (κ3) is 6.41. The van der Waals surface area contributed by atoms with Gasteiger partial charge in [0, 0.05) is 24.5 Å². The van der Waals surface area contributed by atoms with Gasteiger partial charge in [-0.3, -0.25) is 14.5 Å². The molecule has 3 rings (SSSR count). The zero-order valence-electron chi connectivity index (χ0n) is 20.1. The zero-order valence-corrected chi connectivity index (χ0v) is 20.9. The predicted molar refractivity (Wildman–Crippen MR) is 131 cm³/mol. The van der Waals surface area contributed by atoms with Crippen molar-refractivity contribution < 1.29 is 22.7 Å². The van der Waals surface area contributed by atoms with Crippen molar-refractivity contribution in [2.45, 2.75) is 25.7 Å². The van der Waals surface area contributed by atoms with E-state index in [0.29, 0.717) is 37.6 Å². The monoisotopic (exact) mass is 488 g/mol. The average molecular weight is 489 g/mol. The molecular weight excluding hydrogens is 456 g/mol. The van der Waals surface area contributed by atoms with E-state index >= 15 is 0 Å². The Morgan fingerprint density at radius 2 is 1.53 bits per heavy atom. The van der Waals surface area contributed by atoms with Gasteiger partial charge in [0.2, 0.25) is 21.8 Å². The quantitative estimate of drug-likeness (QED) is 0.590. The predicted octanol–water partition coefficient (Wildman–Crippen LogP) is 2.14. The molecule has 1 heterocycles. The number of para-hydroxylation sites is 1. The van der Waals surface area contributed by atoms with Gasteiger partial charge in [-0.1, -0.05) is 24.3 Å². The Kier molecular flexibility index (Phi) is 8.42. The molecule has 34 heavy (non-hydrogen) atoms. The molecule has 0 atom stereocenters. The van der Waals surface area contributed by atoms with E-state index in [1.165, 1.54) is 10.4 Å². The lowest BCUT2D eigenvalue weighted by Gasteiger charge is -2.27. The van der Waals surface area contributed by atoms with Gasteiger partial charge in [-0.15, -0.1) is 0 Å². The number of hydrogen-bond donors (Lipinski definition) is 2. The van der Waals surface area contributed by atoms with E-state index in [2.05, 4.69) is 10.6 Å².